The molecule has 9 aromatic rings. The van der Waals surface area contributed by atoms with E-state index in [1.54, 1.807) is 0 Å². The number of aromatic nitrogens is 2. The second-order valence-electron chi connectivity index (χ2n) is 11.6. The minimum Gasteiger partial charge on any atom is -0.291 e. The third kappa shape index (κ3) is 4.44. The number of thiophene rings is 1. The van der Waals surface area contributed by atoms with Crippen LogP contribution >= 0.6 is 11.3 Å². The van der Waals surface area contributed by atoms with Gasteiger partial charge in [-0.25, -0.2) is 4.98 Å². The van der Waals surface area contributed by atoms with E-state index in [0.717, 1.165) is 39.1 Å². The maximum Gasteiger partial charge on any atom is 0.146 e. The van der Waals surface area contributed by atoms with Gasteiger partial charge in [0.2, 0.25) is 0 Å². The summed E-state index contributed by atoms with van der Waals surface area (Å²) >= 11 is 1.84. The molecule has 3 heterocycles. The average molecular weight is 605 g/mol. The van der Waals surface area contributed by atoms with Crippen molar-refractivity contribution >= 4 is 38.7 Å². The molecular formula is C43H28N2S. The molecule has 0 saturated carbocycles. The van der Waals surface area contributed by atoms with Crippen LogP contribution in [0.15, 0.2) is 170 Å². The standard InChI is InChI=1S/C43H28N2S/c1-4-12-30(13-5-1)39-26-27-40(46-39)31-22-20-29(21-23-31)34-24-25-36-37(28-34)35-18-10-11-19-38(35)45-42(33-16-8-3-9-17-33)41(44-43(36)45)32-14-6-2-7-15-32/h1-28H. The Kier molecular flexibility index (Phi) is 6.36. The largest absolute Gasteiger partial charge is 0.291 e. The molecule has 0 atom stereocenters. The lowest BCUT2D eigenvalue weighted by Gasteiger charge is -2.13. The Morgan fingerprint density at radius 1 is 0.391 bits per heavy atom. The molecule has 216 valence electrons. The van der Waals surface area contributed by atoms with Crippen molar-refractivity contribution in [2.75, 3.05) is 0 Å². The summed E-state index contributed by atoms with van der Waals surface area (Å²) in [6.07, 6.45) is 0. The first-order valence-corrected chi connectivity index (χ1v) is 16.4. The predicted octanol–water partition coefficient (Wildman–Crippen LogP) is 12.0. The molecule has 0 unspecified atom stereocenters. The Balaban J connectivity index is 1.20. The first-order valence-electron chi connectivity index (χ1n) is 15.6. The van der Waals surface area contributed by atoms with E-state index in [1.165, 1.54) is 42.8 Å². The smallest absolute Gasteiger partial charge is 0.146 e. The highest BCUT2D eigenvalue weighted by molar-refractivity contribution is 7.18. The summed E-state index contributed by atoms with van der Waals surface area (Å²) in [6.45, 7) is 0. The zero-order chi connectivity index (χ0) is 30.5. The Labute approximate surface area is 271 Å². The van der Waals surface area contributed by atoms with Gasteiger partial charge in [-0.15, -0.1) is 11.3 Å². The lowest BCUT2D eigenvalue weighted by atomic mass is 9.98. The van der Waals surface area contributed by atoms with E-state index >= 15 is 0 Å². The number of nitrogens with zero attached hydrogens (tertiary/aromatic N) is 2. The normalized spacial score (nSPS) is 11.5. The summed E-state index contributed by atoms with van der Waals surface area (Å²) in [5, 5.41) is 3.56. The minimum atomic E-state index is 0.972. The molecule has 0 fully saturated rings. The van der Waals surface area contributed by atoms with Gasteiger partial charge in [-0.3, -0.25) is 4.40 Å². The Morgan fingerprint density at radius 3 is 1.63 bits per heavy atom. The number of fused-ring (bicyclic) bond motifs is 6. The fraction of sp³-hybridized carbons (Fsp3) is 0. The molecule has 2 nitrogen and oxygen atoms in total. The Bertz CT molecular complexity index is 2490. The van der Waals surface area contributed by atoms with E-state index in [2.05, 4.69) is 174 Å². The number of para-hydroxylation sites is 1. The van der Waals surface area contributed by atoms with Gasteiger partial charge in [-0.1, -0.05) is 140 Å². The molecule has 0 bridgehead atoms. The molecule has 0 N–H and O–H groups in total. The lowest BCUT2D eigenvalue weighted by molar-refractivity contribution is 1.27. The van der Waals surface area contributed by atoms with E-state index in [-0.39, 0.29) is 0 Å². The molecule has 9 rings (SSSR count). The van der Waals surface area contributed by atoms with Gasteiger partial charge in [-0.05, 0) is 58.0 Å². The molecule has 0 aliphatic heterocycles. The average Bonchev–Trinajstić information content (AvgIpc) is 3.80. The van der Waals surface area contributed by atoms with Crippen molar-refractivity contribution in [2.45, 2.75) is 0 Å². The van der Waals surface area contributed by atoms with Crippen LogP contribution in [0.5, 0.6) is 0 Å². The predicted molar refractivity (Wildman–Crippen MR) is 195 cm³/mol. The first-order chi connectivity index (χ1) is 22.8. The van der Waals surface area contributed by atoms with Crippen LogP contribution in [-0.4, -0.2) is 9.38 Å². The summed E-state index contributed by atoms with van der Waals surface area (Å²) in [5.74, 6) is 0. The van der Waals surface area contributed by atoms with Crippen LogP contribution in [0.25, 0.3) is 81.8 Å². The van der Waals surface area contributed by atoms with Gasteiger partial charge in [-0.2, -0.15) is 0 Å². The number of rotatable bonds is 5. The molecule has 3 aromatic heterocycles. The topological polar surface area (TPSA) is 17.3 Å². The Morgan fingerprint density at radius 2 is 0.935 bits per heavy atom. The number of hydrogen-bond acceptors (Lipinski definition) is 2. The maximum absolute atomic E-state index is 5.37. The zero-order valence-corrected chi connectivity index (χ0v) is 25.8. The molecule has 3 heteroatoms. The molecular weight excluding hydrogens is 577 g/mol. The van der Waals surface area contributed by atoms with Crippen molar-refractivity contribution in [1.29, 1.82) is 0 Å². The highest BCUT2D eigenvalue weighted by Crippen LogP contribution is 2.40. The highest BCUT2D eigenvalue weighted by Gasteiger charge is 2.20. The summed E-state index contributed by atoms with van der Waals surface area (Å²) < 4.78 is 2.36. The van der Waals surface area contributed by atoms with Gasteiger partial charge in [0.25, 0.3) is 0 Å². The van der Waals surface area contributed by atoms with Gasteiger partial charge >= 0.3 is 0 Å². The van der Waals surface area contributed by atoms with Crippen LogP contribution in [0.1, 0.15) is 0 Å². The fourth-order valence-corrected chi connectivity index (χ4v) is 7.63. The van der Waals surface area contributed by atoms with Crippen molar-refractivity contribution in [3.05, 3.63) is 170 Å². The first kappa shape index (κ1) is 26.6. The van der Waals surface area contributed by atoms with Crippen molar-refractivity contribution in [3.63, 3.8) is 0 Å². The van der Waals surface area contributed by atoms with Crippen molar-refractivity contribution in [1.82, 2.24) is 9.38 Å². The van der Waals surface area contributed by atoms with E-state index in [0.29, 0.717) is 0 Å². The van der Waals surface area contributed by atoms with Crippen LogP contribution in [0.2, 0.25) is 0 Å². The number of pyridine rings is 1. The van der Waals surface area contributed by atoms with Crippen LogP contribution in [0.3, 0.4) is 0 Å². The van der Waals surface area contributed by atoms with E-state index in [4.69, 9.17) is 4.98 Å². The minimum absolute atomic E-state index is 0.972. The van der Waals surface area contributed by atoms with E-state index in [9.17, 15) is 0 Å². The fourth-order valence-electron chi connectivity index (χ4n) is 6.61. The Hall–Kier alpha value is -5.77. The SMILES string of the molecule is c1ccc(-c2ccc(-c3ccc(-c4ccc5c(c4)c4ccccc4n4c(-c6ccccc6)c(-c6ccccc6)nc54)cc3)s2)cc1. The molecule has 0 spiro atoms. The van der Waals surface area contributed by atoms with Crippen LogP contribution in [0.4, 0.5) is 0 Å². The second kappa shape index (κ2) is 11.0. The van der Waals surface area contributed by atoms with E-state index in [1.807, 2.05) is 11.3 Å². The van der Waals surface area contributed by atoms with E-state index < -0.39 is 0 Å². The zero-order valence-electron chi connectivity index (χ0n) is 25.0. The van der Waals surface area contributed by atoms with Gasteiger partial charge in [0.15, 0.2) is 0 Å². The van der Waals surface area contributed by atoms with Gasteiger partial charge in [0, 0.05) is 31.7 Å². The number of imidazole rings is 1. The van der Waals surface area contributed by atoms with Gasteiger partial charge in [0.05, 0.1) is 16.9 Å². The van der Waals surface area contributed by atoms with Gasteiger partial charge in [0.1, 0.15) is 5.65 Å². The summed E-state index contributed by atoms with van der Waals surface area (Å²) in [6, 6.07) is 60.7. The summed E-state index contributed by atoms with van der Waals surface area (Å²) in [5.41, 5.74) is 11.4. The third-order valence-corrected chi connectivity index (χ3v) is 10.0. The van der Waals surface area contributed by atoms with Crippen molar-refractivity contribution in [3.8, 4) is 54.5 Å². The lowest BCUT2D eigenvalue weighted by Crippen LogP contribution is -1.94. The summed E-state index contributed by atoms with van der Waals surface area (Å²) in [7, 11) is 0. The van der Waals surface area contributed by atoms with Crippen LogP contribution in [0, 0.1) is 0 Å². The van der Waals surface area contributed by atoms with Crippen molar-refractivity contribution < 1.29 is 0 Å². The summed E-state index contributed by atoms with van der Waals surface area (Å²) in [4.78, 5) is 7.94. The highest BCUT2D eigenvalue weighted by atomic mass is 32.1. The number of hydrogen-bond donors (Lipinski definition) is 0. The molecule has 0 amide bonds. The molecule has 46 heavy (non-hydrogen) atoms. The molecule has 0 aliphatic carbocycles. The monoisotopic (exact) mass is 604 g/mol. The quantitative estimate of drug-likeness (QED) is 0.179. The molecule has 0 radical (unpaired) electrons. The third-order valence-electron chi connectivity index (χ3n) is 8.83. The van der Waals surface area contributed by atoms with Crippen LogP contribution in [-0.2, 0) is 0 Å². The second-order valence-corrected chi connectivity index (χ2v) is 12.7. The maximum atomic E-state index is 5.37. The molecule has 0 saturated heterocycles. The molecule has 0 aliphatic rings. The molecule has 6 aromatic carbocycles. The van der Waals surface area contributed by atoms with Gasteiger partial charge < -0.3 is 0 Å². The van der Waals surface area contributed by atoms with Crippen LogP contribution < -0.4 is 0 Å². The van der Waals surface area contributed by atoms with Crippen molar-refractivity contribution in [2.24, 2.45) is 0 Å². The number of benzene rings is 6.